The van der Waals surface area contributed by atoms with Crippen LogP contribution in [0.25, 0.3) is 16.9 Å². The molecule has 0 aliphatic carbocycles. The second-order valence-electron chi connectivity index (χ2n) is 6.38. The number of imidazole rings is 1. The van der Waals surface area contributed by atoms with E-state index in [4.69, 9.17) is 19.9 Å². The van der Waals surface area contributed by atoms with E-state index in [2.05, 4.69) is 16.0 Å². The highest BCUT2D eigenvalue weighted by molar-refractivity contribution is 5.78. The van der Waals surface area contributed by atoms with Crippen LogP contribution in [0.5, 0.6) is 11.5 Å². The number of nitrogens with two attached hydrogens (primary N) is 1. The van der Waals surface area contributed by atoms with Crippen molar-refractivity contribution in [2.24, 2.45) is 0 Å². The van der Waals surface area contributed by atoms with E-state index in [-0.39, 0.29) is 6.10 Å². The van der Waals surface area contributed by atoms with Crippen molar-refractivity contribution >= 4 is 5.82 Å². The van der Waals surface area contributed by atoms with Gasteiger partial charge in [-0.15, -0.1) is 0 Å². The average molecular weight is 377 g/mol. The van der Waals surface area contributed by atoms with Crippen LogP contribution in [-0.4, -0.2) is 41.0 Å². The Balaban J connectivity index is 1.83. The molecule has 0 bridgehead atoms. The molecule has 3 heterocycles. The molecule has 1 aliphatic heterocycles. The minimum absolute atomic E-state index is 0.000544. The second kappa shape index (κ2) is 7.58. The number of anilines is 1. The number of ether oxygens (including phenoxy) is 3. The summed E-state index contributed by atoms with van der Waals surface area (Å²) in [4.78, 5) is 8.35. The van der Waals surface area contributed by atoms with E-state index in [1.807, 2.05) is 18.2 Å². The van der Waals surface area contributed by atoms with Crippen molar-refractivity contribution in [3.8, 4) is 34.5 Å². The molecule has 1 aliphatic rings. The van der Waals surface area contributed by atoms with Crippen molar-refractivity contribution in [2.45, 2.75) is 12.5 Å². The predicted octanol–water partition coefficient (Wildman–Crippen LogP) is 2.56. The van der Waals surface area contributed by atoms with Gasteiger partial charge in [0, 0.05) is 30.4 Å². The third-order valence-electron chi connectivity index (χ3n) is 4.50. The Labute approximate surface area is 162 Å². The summed E-state index contributed by atoms with van der Waals surface area (Å²) in [6.07, 6.45) is 5.74. The number of hydrogen-bond acceptors (Lipinski definition) is 7. The van der Waals surface area contributed by atoms with Gasteiger partial charge in [-0.3, -0.25) is 4.57 Å². The van der Waals surface area contributed by atoms with Gasteiger partial charge < -0.3 is 19.9 Å². The lowest BCUT2D eigenvalue weighted by Gasteiger charge is -2.16. The van der Waals surface area contributed by atoms with Gasteiger partial charge in [-0.05, 0) is 23.8 Å². The van der Waals surface area contributed by atoms with E-state index in [0.29, 0.717) is 47.5 Å². The highest BCUT2D eigenvalue weighted by Gasteiger charge is 2.20. The average Bonchev–Trinajstić information content (AvgIpc) is 3.41. The molecule has 1 saturated heterocycles. The molecule has 0 amide bonds. The monoisotopic (exact) mass is 377 g/mol. The first-order valence-corrected chi connectivity index (χ1v) is 8.80. The van der Waals surface area contributed by atoms with Crippen molar-refractivity contribution in [1.29, 1.82) is 5.26 Å². The van der Waals surface area contributed by atoms with Crippen molar-refractivity contribution in [1.82, 2.24) is 14.5 Å². The Morgan fingerprint density at radius 1 is 1.29 bits per heavy atom. The van der Waals surface area contributed by atoms with E-state index in [1.54, 1.807) is 36.5 Å². The van der Waals surface area contributed by atoms with Crippen LogP contribution < -0.4 is 15.2 Å². The van der Waals surface area contributed by atoms with Gasteiger partial charge in [0.15, 0.2) is 5.82 Å². The summed E-state index contributed by atoms with van der Waals surface area (Å²) in [7, 11) is 1.59. The van der Waals surface area contributed by atoms with E-state index in [0.717, 1.165) is 12.0 Å². The smallest absolute Gasteiger partial charge is 0.158 e. The zero-order valence-electron chi connectivity index (χ0n) is 15.3. The molecular formula is C20H19N5O3. The van der Waals surface area contributed by atoms with Crippen LogP contribution >= 0.6 is 0 Å². The van der Waals surface area contributed by atoms with Crippen LogP contribution in [0.3, 0.4) is 0 Å². The summed E-state index contributed by atoms with van der Waals surface area (Å²) >= 11 is 0. The molecule has 4 rings (SSSR count). The Kier molecular flexibility index (Phi) is 4.83. The summed E-state index contributed by atoms with van der Waals surface area (Å²) in [5.74, 6) is 1.99. The number of rotatable bonds is 5. The molecule has 1 aromatic carbocycles. The maximum atomic E-state index is 9.83. The van der Waals surface area contributed by atoms with Gasteiger partial charge in [0.1, 0.15) is 41.4 Å². The lowest BCUT2D eigenvalue weighted by Crippen LogP contribution is -2.15. The number of aromatic nitrogens is 3. The minimum Gasteiger partial charge on any atom is -0.497 e. The molecule has 142 valence electrons. The summed E-state index contributed by atoms with van der Waals surface area (Å²) in [5, 5.41) is 9.83. The highest BCUT2D eigenvalue weighted by atomic mass is 16.5. The molecule has 8 heteroatoms. The molecule has 8 nitrogen and oxygen atoms in total. The van der Waals surface area contributed by atoms with E-state index >= 15 is 0 Å². The number of hydrogen-bond donors (Lipinski definition) is 1. The molecule has 0 saturated carbocycles. The molecule has 0 radical (unpaired) electrons. The van der Waals surface area contributed by atoms with E-state index in [1.165, 1.54) is 0 Å². The zero-order chi connectivity index (χ0) is 19.5. The number of methoxy groups -OCH3 is 1. The zero-order valence-corrected chi connectivity index (χ0v) is 15.3. The van der Waals surface area contributed by atoms with E-state index < -0.39 is 0 Å². The molecule has 0 unspecified atom stereocenters. The fourth-order valence-electron chi connectivity index (χ4n) is 3.17. The van der Waals surface area contributed by atoms with Gasteiger partial charge in [-0.2, -0.15) is 5.26 Å². The quantitative estimate of drug-likeness (QED) is 0.728. The largest absolute Gasteiger partial charge is 0.497 e. The molecule has 3 aromatic rings. The summed E-state index contributed by atoms with van der Waals surface area (Å²) in [6, 6.07) is 9.44. The van der Waals surface area contributed by atoms with Crippen LogP contribution in [0.15, 0.2) is 43.0 Å². The van der Waals surface area contributed by atoms with E-state index in [9.17, 15) is 5.26 Å². The van der Waals surface area contributed by atoms with Gasteiger partial charge in [0.25, 0.3) is 0 Å². The summed E-state index contributed by atoms with van der Waals surface area (Å²) < 4.78 is 18.5. The first-order valence-electron chi connectivity index (χ1n) is 8.80. The summed E-state index contributed by atoms with van der Waals surface area (Å²) in [5.41, 5.74) is 7.81. The van der Waals surface area contributed by atoms with Crippen LogP contribution in [0.1, 0.15) is 12.0 Å². The number of benzene rings is 1. The standard InChI is InChI=1S/C20H19N5O3/c1-26-15-6-13(7-16(8-15)28-14-2-5-27-11-14)17-9-19(22)24-20(18(17)10-21)25-4-3-23-12-25/h3-4,6-9,12,14H,2,5,11H2,1H3,(H2,22,24)/t14-/m1/s1. The highest BCUT2D eigenvalue weighted by Crippen LogP contribution is 2.35. The van der Waals surface area contributed by atoms with Crippen molar-refractivity contribution in [3.63, 3.8) is 0 Å². The molecular weight excluding hydrogens is 358 g/mol. The third-order valence-corrected chi connectivity index (χ3v) is 4.50. The van der Waals surface area contributed by atoms with Crippen LogP contribution in [0.2, 0.25) is 0 Å². The fraction of sp³-hybridized carbons (Fsp3) is 0.250. The third kappa shape index (κ3) is 3.48. The van der Waals surface area contributed by atoms with Crippen LogP contribution in [0, 0.1) is 11.3 Å². The molecule has 2 aromatic heterocycles. The van der Waals surface area contributed by atoms with Crippen molar-refractivity contribution in [3.05, 3.63) is 48.5 Å². The maximum Gasteiger partial charge on any atom is 0.158 e. The normalized spacial score (nSPS) is 15.9. The Hall–Kier alpha value is -3.57. The van der Waals surface area contributed by atoms with Crippen molar-refractivity contribution in [2.75, 3.05) is 26.1 Å². The number of pyridine rings is 1. The lowest BCUT2D eigenvalue weighted by molar-refractivity contribution is 0.141. The SMILES string of the molecule is COc1cc(O[C@@H]2CCOC2)cc(-c2cc(N)nc(-n3ccnc3)c2C#N)c1. The topological polar surface area (TPSA) is 108 Å². The first kappa shape index (κ1) is 17.8. The van der Waals surface area contributed by atoms with Gasteiger partial charge in [-0.25, -0.2) is 9.97 Å². The fourth-order valence-corrected chi connectivity index (χ4v) is 3.17. The van der Waals surface area contributed by atoms with Gasteiger partial charge in [0.2, 0.25) is 0 Å². The molecule has 28 heavy (non-hydrogen) atoms. The molecule has 0 spiro atoms. The van der Waals surface area contributed by atoms with Gasteiger partial charge in [0.05, 0.1) is 20.3 Å². The number of nitriles is 1. The van der Waals surface area contributed by atoms with Crippen LogP contribution in [0.4, 0.5) is 5.82 Å². The Bertz CT molecular complexity index is 1020. The minimum atomic E-state index is -0.000544. The first-order chi connectivity index (χ1) is 13.7. The number of nitrogens with zero attached hydrogens (tertiary/aromatic N) is 4. The second-order valence-corrected chi connectivity index (χ2v) is 6.38. The molecule has 2 N–H and O–H groups in total. The molecule has 1 fully saturated rings. The maximum absolute atomic E-state index is 9.83. The lowest BCUT2D eigenvalue weighted by atomic mass is 10.0. The van der Waals surface area contributed by atoms with Gasteiger partial charge in [-0.1, -0.05) is 0 Å². The van der Waals surface area contributed by atoms with Crippen LogP contribution in [-0.2, 0) is 4.74 Å². The van der Waals surface area contributed by atoms with Crippen molar-refractivity contribution < 1.29 is 14.2 Å². The predicted molar refractivity (Wildman–Crippen MR) is 102 cm³/mol. The molecule has 1 atom stereocenters. The Morgan fingerprint density at radius 3 is 2.82 bits per heavy atom. The number of nitrogen functional groups attached to an aromatic ring is 1. The Morgan fingerprint density at radius 2 is 2.14 bits per heavy atom. The summed E-state index contributed by atoms with van der Waals surface area (Å²) in [6.45, 7) is 1.25. The van der Waals surface area contributed by atoms with Gasteiger partial charge >= 0.3 is 0 Å².